The second kappa shape index (κ2) is 9.40. The number of nitrogens with zero attached hydrogens (tertiary/aromatic N) is 1. The predicted molar refractivity (Wildman–Crippen MR) is 116 cm³/mol. The SMILES string of the molecule is CCNC1=C(C)CC#CC(CCNS(=O)(=O)c2ccc(CC(C)(C)C)cc2)=N1. The minimum atomic E-state index is -3.55. The number of nitrogens with one attached hydrogen (secondary N) is 2. The third-order valence-electron chi connectivity index (χ3n) is 4.20. The number of rotatable bonds is 8. The molecule has 0 spiro atoms. The van der Waals surface area contributed by atoms with E-state index in [-0.39, 0.29) is 16.9 Å². The lowest BCUT2D eigenvalue weighted by Gasteiger charge is -2.18. The van der Waals surface area contributed by atoms with Gasteiger partial charge in [-0.15, -0.1) is 0 Å². The van der Waals surface area contributed by atoms with Crippen LogP contribution in [-0.2, 0) is 16.4 Å². The summed E-state index contributed by atoms with van der Waals surface area (Å²) in [4.78, 5) is 4.84. The lowest BCUT2D eigenvalue weighted by Crippen LogP contribution is -2.26. The van der Waals surface area contributed by atoms with Gasteiger partial charge < -0.3 is 5.32 Å². The standard InChI is InChI=1S/C22H31N3O2S/c1-6-23-21-17(2)8-7-9-19(25-21)14-15-24-28(26,27)20-12-10-18(11-13-20)16-22(3,4)5/h10-13,23-24H,6,8,14-16H2,1-5H3. The fraction of sp³-hybridized carbons (Fsp3) is 0.500. The monoisotopic (exact) mass is 401 g/mol. The molecule has 0 radical (unpaired) electrons. The maximum atomic E-state index is 12.5. The average molecular weight is 402 g/mol. The lowest BCUT2D eigenvalue weighted by atomic mass is 9.88. The third kappa shape index (κ3) is 6.81. The van der Waals surface area contributed by atoms with E-state index in [0.29, 0.717) is 18.6 Å². The van der Waals surface area contributed by atoms with E-state index >= 15 is 0 Å². The highest BCUT2D eigenvalue weighted by Gasteiger charge is 2.16. The molecule has 0 aromatic heterocycles. The molecular formula is C22H31N3O2S. The van der Waals surface area contributed by atoms with Crippen LogP contribution in [0.4, 0.5) is 0 Å². The first kappa shape index (κ1) is 22.2. The van der Waals surface area contributed by atoms with Gasteiger partial charge in [0.25, 0.3) is 0 Å². The Bertz CT molecular complexity index is 909. The van der Waals surface area contributed by atoms with Gasteiger partial charge in [0.05, 0.1) is 10.6 Å². The molecule has 1 heterocycles. The van der Waals surface area contributed by atoms with E-state index in [1.807, 2.05) is 26.0 Å². The number of aliphatic imine (C=N–C) groups is 1. The zero-order valence-electron chi connectivity index (χ0n) is 17.5. The smallest absolute Gasteiger partial charge is 0.240 e. The first-order valence-corrected chi connectivity index (χ1v) is 11.2. The summed E-state index contributed by atoms with van der Waals surface area (Å²) in [5, 5.41) is 3.23. The van der Waals surface area contributed by atoms with Gasteiger partial charge in [0.1, 0.15) is 5.82 Å². The molecular weight excluding hydrogens is 370 g/mol. The third-order valence-corrected chi connectivity index (χ3v) is 5.68. The van der Waals surface area contributed by atoms with Crippen molar-refractivity contribution in [2.24, 2.45) is 10.4 Å². The summed E-state index contributed by atoms with van der Waals surface area (Å²) in [5.41, 5.74) is 3.08. The van der Waals surface area contributed by atoms with Crippen molar-refractivity contribution < 1.29 is 8.42 Å². The summed E-state index contributed by atoms with van der Waals surface area (Å²) in [6.07, 6.45) is 2.03. The molecule has 1 aliphatic heterocycles. The first-order chi connectivity index (χ1) is 13.1. The molecule has 0 amide bonds. The zero-order valence-corrected chi connectivity index (χ0v) is 18.3. The van der Waals surface area contributed by atoms with Crippen LogP contribution >= 0.6 is 0 Å². The van der Waals surface area contributed by atoms with E-state index in [1.165, 1.54) is 0 Å². The molecule has 0 fully saturated rings. The first-order valence-electron chi connectivity index (χ1n) is 9.69. The fourth-order valence-electron chi connectivity index (χ4n) is 2.88. The van der Waals surface area contributed by atoms with Gasteiger partial charge in [-0.3, -0.25) is 0 Å². The maximum Gasteiger partial charge on any atom is 0.240 e. The van der Waals surface area contributed by atoms with Gasteiger partial charge >= 0.3 is 0 Å². The minimum absolute atomic E-state index is 0.164. The Morgan fingerprint density at radius 2 is 1.86 bits per heavy atom. The molecule has 2 rings (SSSR count). The molecule has 0 saturated carbocycles. The van der Waals surface area contributed by atoms with Crippen LogP contribution in [-0.4, -0.2) is 27.2 Å². The van der Waals surface area contributed by atoms with Crippen LogP contribution in [0.2, 0.25) is 0 Å². The molecule has 0 atom stereocenters. The molecule has 0 unspecified atom stereocenters. The molecule has 0 saturated heterocycles. The highest BCUT2D eigenvalue weighted by atomic mass is 32.2. The molecule has 152 valence electrons. The van der Waals surface area contributed by atoms with Gasteiger partial charge in [-0.05, 0) is 49.0 Å². The zero-order chi connectivity index (χ0) is 20.8. The number of hydrogen-bond acceptors (Lipinski definition) is 4. The van der Waals surface area contributed by atoms with Gasteiger partial charge in [0, 0.05) is 25.9 Å². The van der Waals surface area contributed by atoms with Crippen molar-refractivity contribution in [3.8, 4) is 11.8 Å². The second-order valence-corrected chi connectivity index (χ2v) is 9.99. The molecule has 1 aromatic carbocycles. The van der Waals surface area contributed by atoms with Crippen molar-refractivity contribution >= 4 is 15.7 Å². The van der Waals surface area contributed by atoms with E-state index in [4.69, 9.17) is 0 Å². The van der Waals surface area contributed by atoms with Crippen LogP contribution < -0.4 is 10.0 Å². The summed E-state index contributed by atoms with van der Waals surface area (Å²) in [7, 11) is -3.55. The van der Waals surface area contributed by atoms with Crippen LogP contribution in [0.25, 0.3) is 0 Å². The van der Waals surface area contributed by atoms with Crippen molar-refractivity contribution in [1.82, 2.24) is 10.0 Å². The highest BCUT2D eigenvalue weighted by molar-refractivity contribution is 7.89. The van der Waals surface area contributed by atoms with E-state index < -0.39 is 10.0 Å². The van der Waals surface area contributed by atoms with Crippen molar-refractivity contribution in [1.29, 1.82) is 0 Å². The Kier molecular flexibility index (Phi) is 7.45. The lowest BCUT2D eigenvalue weighted by molar-refractivity contribution is 0.411. The Morgan fingerprint density at radius 1 is 1.18 bits per heavy atom. The number of sulfonamides is 1. The van der Waals surface area contributed by atoms with Crippen LogP contribution in [0.5, 0.6) is 0 Å². The van der Waals surface area contributed by atoms with Crippen molar-refractivity contribution in [2.75, 3.05) is 13.1 Å². The Hall–Kier alpha value is -2.10. The normalized spacial score (nSPS) is 14.8. The van der Waals surface area contributed by atoms with Gasteiger partial charge in [-0.2, -0.15) is 0 Å². The Labute approximate surface area is 169 Å². The summed E-state index contributed by atoms with van der Waals surface area (Å²) in [5.74, 6) is 6.95. The quantitative estimate of drug-likeness (QED) is 0.654. The van der Waals surface area contributed by atoms with Gasteiger partial charge in [0.2, 0.25) is 10.0 Å². The molecule has 0 aliphatic carbocycles. The van der Waals surface area contributed by atoms with E-state index in [1.54, 1.807) is 12.1 Å². The van der Waals surface area contributed by atoms with Crippen LogP contribution in [0.3, 0.4) is 0 Å². The Balaban J connectivity index is 1.99. The maximum absolute atomic E-state index is 12.5. The molecule has 6 heteroatoms. The highest BCUT2D eigenvalue weighted by Crippen LogP contribution is 2.21. The minimum Gasteiger partial charge on any atom is -0.370 e. The van der Waals surface area contributed by atoms with Crippen LogP contribution in [0.1, 0.15) is 53.0 Å². The topological polar surface area (TPSA) is 70.6 Å². The van der Waals surface area contributed by atoms with E-state index in [9.17, 15) is 8.42 Å². The van der Waals surface area contributed by atoms with Crippen LogP contribution in [0.15, 0.2) is 45.5 Å². The number of hydrogen-bond donors (Lipinski definition) is 2. The van der Waals surface area contributed by atoms with Gasteiger partial charge in [-0.25, -0.2) is 18.1 Å². The number of allylic oxidation sites excluding steroid dienone is 1. The van der Waals surface area contributed by atoms with Gasteiger partial charge in [-0.1, -0.05) is 44.7 Å². The predicted octanol–water partition coefficient (Wildman–Crippen LogP) is 3.63. The Morgan fingerprint density at radius 3 is 2.46 bits per heavy atom. The summed E-state index contributed by atoms with van der Waals surface area (Å²) in [6, 6.07) is 7.11. The largest absolute Gasteiger partial charge is 0.370 e. The molecule has 0 bridgehead atoms. The summed E-state index contributed by atoms with van der Waals surface area (Å²) >= 11 is 0. The molecule has 2 N–H and O–H groups in total. The summed E-state index contributed by atoms with van der Waals surface area (Å²) in [6.45, 7) is 11.6. The molecule has 5 nitrogen and oxygen atoms in total. The van der Waals surface area contributed by atoms with Crippen molar-refractivity contribution in [2.45, 2.75) is 58.8 Å². The number of benzene rings is 1. The van der Waals surface area contributed by atoms with E-state index in [2.05, 4.69) is 47.6 Å². The molecule has 1 aromatic rings. The molecule has 28 heavy (non-hydrogen) atoms. The van der Waals surface area contributed by atoms with Gasteiger partial charge in [0.15, 0.2) is 0 Å². The van der Waals surface area contributed by atoms with Crippen molar-refractivity contribution in [3.05, 3.63) is 41.2 Å². The van der Waals surface area contributed by atoms with Crippen molar-refractivity contribution in [3.63, 3.8) is 0 Å². The fourth-order valence-corrected chi connectivity index (χ4v) is 3.91. The average Bonchev–Trinajstić information content (AvgIpc) is 2.76. The summed E-state index contributed by atoms with van der Waals surface area (Å²) < 4.78 is 27.8. The van der Waals surface area contributed by atoms with Crippen LogP contribution in [0, 0.1) is 17.3 Å². The second-order valence-electron chi connectivity index (χ2n) is 8.23. The van der Waals surface area contributed by atoms with E-state index in [0.717, 1.165) is 29.9 Å². The molecule has 1 aliphatic rings.